The molecule has 0 saturated carbocycles. The molecule has 0 aliphatic carbocycles. The number of esters is 1. The minimum Gasteiger partial charge on any atom is -0.469 e. The molecule has 2 rings (SSSR count). The van der Waals surface area contributed by atoms with Gasteiger partial charge in [-0.05, 0) is 35.4 Å². The molecular formula is C16H14O2. The van der Waals surface area contributed by atoms with E-state index in [4.69, 9.17) is 0 Å². The van der Waals surface area contributed by atoms with Crippen molar-refractivity contribution >= 4 is 16.7 Å². The Bertz CT molecular complexity index is 645. The van der Waals surface area contributed by atoms with Gasteiger partial charge in [0.25, 0.3) is 0 Å². The lowest BCUT2D eigenvalue weighted by Gasteiger charge is -2.03. The summed E-state index contributed by atoms with van der Waals surface area (Å²) in [4.78, 5) is 11.2. The van der Waals surface area contributed by atoms with Crippen molar-refractivity contribution in [2.45, 2.75) is 13.3 Å². The zero-order chi connectivity index (χ0) is 13.0. The Hall–Kier alpha value is -2.27. The summed E-state index contributed by atoms with van der Waals surface area (Å²) in [5, 5.41) is 2.24. The van der Waals surface area contributed by atoms with Gasteiger partial charge in [-0.2, -0.15) is 0 Å². The first-order chi connectivity index (χ1) is 8.72. The van der Waals surface area contributed by atoms with Crippen molar-refractivity contribution in [3.05, 3.63) is 47.5 Å². The number of hydrogen-bond donors (Lipinski definition) is 0. The van der Waals surface area contributed by atoms with Crippen LogP contribution in [0.4, 0.5) is 0 Å². The molecule has 0 aromatic heterocycles. The maximum atomic E-state index is 11.2. The number of methoxy groups -OCH3 is 1. The average Bonchev–Trinajstić information content (AvgIpc) is 2.39. The lowest BCUT2D eigenvalue weighted by atomic mass is 10.0. The third-order valence-corrected chi connectivity index (χ3v) is 2.75. The summed E-state index contributed by atoms with van der Waals surface area (Å²) in [5.74, 6) is 5.69. The molecular weight excluding hydrogens is 224 g/mol. The number of rotatable bonds is 2. The van der Waals surface area contributed by atoms with E-state index in [9.17, 15) is 4.79 Å². The van der Waals surface area contributed by atoms with E-state index in [-0.39, 0.29) is 5.97 Å². The summed E-state index contributed by atoms with van der Waals surface area (Å²) in [6, 6.07) is 12.0. The molecule has 2 nitrogen and oxygen atoms in total. The van der Waals surface area contributed by atoms with Crippen LogP contribution < -0.4 is 0 Å². The summed E-state index contributed by atoms with van der Waals surface area (Å²) >= 11 is 0. The first kappa shape index (κ1) is 12.2. The Balaban J connectivity index is 2.37. The van der Waals surface area contributed by atoms with Crippen molar-refractivity contribution in [3.63, 3.8) is 0 Å². The number of benzene rings is 2. The maximum Gasteiger partial charge on any atom is 0.309 e. The average molecular weight is 238 g/mol. The van der Waals surface area contributed by atoms with Gasteiger partial charge in [-0.3, -0.25) is 4.79 Å². The highest BCUT2D eigenvalue weighted by Crippen LogP contribution is 2.18. The molecule has 0 unspecified atom stereocenters. The minimum atomic E-state index is -0.220. The summed E-state index contributed by atoms with van der Waals surface area (Å²) in [6.07, 6.45) is 0.308. The Morgan fingerprint density at radius 2 is 1.89 bits per heavy atom. The molecule has 0 N–H and O–H groups in total. The summed E-state index contributed by atoms with van der Waals surface area (Å²) in [6.45, 7) is 1.82. The summed E-state index contributed by atoms with van der Waals surface area (Å²) in [5.41, 5.74) is 1.97. The van der Waals surface area contributed by atoms with Crippen molar-refractivity contribution in [1.29, 1.82) is 0 Å². The van der Waals surface area contributed by atoms with Crippen LogP contribution in [0.25, 0.3) is 10.8 Å². The normalized spacial score (nSPS) is 9.67. The van der Waals surface area contributed by atoms with Gasteiger partial charge in [0.2, 0.25) is 0 Å². The molecule has 0 saturated heterocycles. The standard InChI is InChI=1S/C16H14O2/c1-3-4-12-5-7-15-10-13(11-16(17)18-2)6-8-14(15)9-12/h5-10H,11H2,1-2H3. The van der Waals surface area contributed by atoms with Crippen molar-refractivity contribution < 1.29 is 9.53 Å². The van der Waals surface area contributed by atoms with E-state index in [2.05, 4.69) is 16.6 Å². The molecule has 2 aromatic carbocycles. The lowest BCUT2D eigenvalue weighted by molar-refractivity contribution is -0.139. The number of hydrogen-bond acceptors (Lipinski definition) is 2. The predicted octanol–water partition coefficient (Wildman–Crippen LogP) is 2.93. The fourth-order valence-electron chi connectivity index (χ4n) is 1.87. The van der Waals surface area contributed by atoms with Gasteiger partial charge in [0.1, 0.15) is 0 Å². The van der Waals surface area contributed by atoms with E-state index in [0.717, 1.165) is 21.9 Å². The first-order valence-electron chi connectivity index (χ1n) is 5.75. The van der Waals surface area contributed by atoms with E-state index in [1.807, 2.05) is 43.3 Å². The molecule has 0 bridgehead atoms. The van der Waals surface area contributed by atoms with Crippen LogP contribution in [0.3, 0.4) is 0 Å². The Morgan fingerprint density at radius 1 is 1.17 bits per heavy atom. The van der Waals surface area contributed by atoms with Crippen LogP contribution in [0.15, 0.2) is 36.4 Å². The van der Waals surface area contributed by atoms with E-state index >= 15 is 0 Å². The van der Waals surface area contributed by atoms with Crippen LogP contribution in [0, 0.1) is 11.8 Å². The second-order valence-electron chi connectivity index (χ2n) is 4.02. The quantitative estimate of drug-likeness (QED) is 0.594. The molecule has 0 radical (unpaired) electrons. The fourth-order valence-corrected chi connectivity index (χ4v) is 1.87. The van der Waals surface area contributed by atoms with Crippen LogP contribution in [0.5, 0.6) is 0 Å². The Morgan fingerprint density at radius 3 is 2.61 bits per heavy atom. The topological polar surface area (TPSA) is 26.3 Å². The third-order valence-electron chi connectivity index (χ3n) is 2.75. The molecule has 0 aliphatic heterocycles. The van der Waals surface area contributed by atoms with E-state index in [0.29, 0.717) is 6.42 Å². The van der Waals surface area contributed by atoms with E-state index in [1.54, 1.807) is 0 Å². The van der Waals surface area contributed by atoms with Crippen LogP contribution in [-0.2, 0) is 16.0 Å². The van der Waals surface area contributed by atoms with Crippen LogP contribution in [-0.4, -0.2) is 13.1 Å². The number of carbonyl (C=O) groups excluding carboxylic acids is 1. The molecule has 0 heterocycles. The van der Waals surface area contributed by atoms with Crippen LogP contribution in [0.2, 0.25) is 0 Å². The van der Waals surface area contributed by atoms with Crippen molar-refractivity contribution in [3.8, 4) is 11.8 Å². The molecule has 2 heteroatoms. The van der Waals surface area contributed by atoms with Crippen molar-refractivity contribution in [2.75, 3.05) is 7.11 Å². The van der Waals surface area contributed by atoms with Gasteiger partial charge in [-0.15, -0.1) is 5.92 Å². The first-order valence-corrected chi connectivity index (χ1v) is 5.75. The zero-order valence-electron chi connectivity index (χ0n) is 10.5. The van der Waals surface area contributed by atoms with Gasteiger partial charge in [-0.1, -0.05) is 30.2 Å². The molecule has 90 valence electrons. The second kappa shape index (κ2) is 5.37. The third kappa shape index (κ3) is 2.70. The maximum absolute atomic E-state index is 11.2. The molecule has 2 aromatic rings. The zero-order valence-corrected chi connectivity index (χ0v) is 10.5. The molecule has 0 aliphatic rings. The highest BCUT2D eigenvalue weighted by atomic mass is 16.5. The highest BCUT2D eigenvalue weighted by Gasteiger charge is 2.03. The minimum absolute atomic E-state index is 0.220. The number of fused-ring (bicyclic) bond motifs is 1. The SMILES string of the molecule is CC#Cc1ccc2cc(CC(=O)OC)ccc2c1. The lowest BCUT2D eigenvalue weighted by Crippen LogP contribution is -2.04. The van der Waals surface area contributed by atoms with Gasteiger partial charge < -0.3 is 4.74 Å². The summed E-state index contributed by atoms with van der Waals surface area (Å²) in [7, 11) is 1.40. The molecule has 0 atom stereocenters. The number of ether oxygens (including phenoxy) is 1. The number of carbonyl (C=O) groups is 1. The van der Waals surface area contributed by atoms with Gasteiger partial charge in [0, 0.05) is 5.56 Å². The van der Waals surface area contributed by atoms with E-state index in [1.165, 1.54) is 7.11 Å². The van der Waals surface area contributed by atoms with Crippen molar-refractivity contribution in [1.82, 2.24) is 0 Å². The van der Waals surface area contributed by atoms with Gasteiger partial charge in [-0.25, -0.2) is 0 Å². The smallest absolute Gasteiger partial charge is 0.309 e. The molecule has 0 amide bonds. The molecule has 0 spiro atoms. The largest absolute Gasteiger partial charge is 0.469 e. The second-order valence-corrected chi connectivity index (χ2v) is 4.02. The Kier molecular flexibility index (Phi) is 3.64. The summed E-state index contributed by atoms with van der Waals surface area (Å²) < 4.78 is 4.66. The molecule has 18 heavy (non-hydrogen) atoms. The van der Waals surface area contributed by atoms with Crippen LogP contribution >= 0.6 is 0 Å². The Labute approximate surface area is 107 Å². The van der Waals surface area contributed by atoms with E-state index < -0.39 is 0 Å². The molecule has 0 fully saturated rings. The van der Waals surface area contributed by atoms with Crippen molar-refractivity contribution in [2.24, 2.45) is 0 Å². The highest BCUT2D eigenvalue weighted by molar-refractivity contribution is 5.85. The van der Waals surface area contributed by atoms with Gasteiger partial charge in [0.15, 0.2) is 0 Å². The predicted molar refractivity (Wildman–Crippen MR) is 72.2 cm³/mol. The van der Waals surface area contributed by atoms with Gasteiger partial charge in [0.05, 0.1) is 13.5 Å². The van der Waals surface area contributed by atoms with Crippen LogP contribution in [0.1, 0.15) is 18.1 Å². The fraction of sp³-hybridized carbons (Fsp3) is 0.188. The van der Waals surface area contributed by atoms with Gasteiger partial charge >= 0.3 is 5.97 Å². The monoisotopic (exact) mass is 238 g/mol.